The topological polar surface area (TPSA) is 21.3 Å². The number of ether oxygens (including phenoxy) is 1. The highest BCUT2D eigenvalue weighted by molar-refractivity contribution is 5.34. The SMILES string of the molecule is c1ccc(Oc2ccc(CNC3CCCc4ccccc43)cc2)cc1. The molecule has 4 rings (SSSR count). The molecule has 2 heteroatoms. The number of aryl methyl sites for hydroxylation is 1. The van der Waals surface area contributed by atoms with E-state index in [1.165, 1.54) is 36.0 Å². The van der Waals surface area contributed by atoms with Crippen LogP contribution in [0.4, 0.5) is 0 Å². The summed E-state index contributed by atoms with van der Waals surface area (Å²) in [5, 5.41) is 3.72. The van der Waals surface area contributed by atoms with Crippen LogP contribution in [0.3, 0.4) is 0 Å². The van der Waals surface area contributed by atoms with Gasteiger partial charge in [-0.1, -0.05) is 54.6 Å². The van der Waals surface area contributed by atoms with Gasteiger partial charge in [0.15, 0.2) is 0 Å². The Morgan fingerprint density at radius 3 is 2.36 bits per heavy atom. The molecule has 1 aliphatic rings. The van der Waals surface area contributed by atoms with Crippen LogP contribution in [0, 0.1) is 0 Å². The Hall–Kier alpha value is -2.58. The summed E-state index contributed by atoms with van der Waals surface area (Å²) in [5.41, 5.74) is 4.25. The van der Waals surface area contributed by atoms with Crippen molar-refractivity contribution in [2.75, 3.05) is 0 Å². The van der Waals surface area contributed by atoms with Crippen LogP contribution in [-0.2, 0) is 13.0 Å². The average molecular weight is 329 g/mol. The van der Waals surface area contributed by atoms with Gasteiger partial charge in [0.1, 0.15) is 11.5 Å². The zero-order chi connectivity index (χ0) is 16.9. The van der Waals surface area contributed by atoms with Crippen LogP contribution in [0.5, 0.6) is 11.5 Å². The van der Waals surface area contributed by atoms with Crippen molar-refractivity contribution in [3.8, 4) is 11.5 Å². The number of rotatable bonds is 5. The fourth-order valence-corrected chi connectivity index (χ4v) is 3.51. The summed E-state index contributed by atoms with van der Waals surface area (Å²) in [5.74, 6) is 1.74. The lowest BCUT2D eigenvalue weighted by molar-refractivity contribution is 0.458. The van der Waals surface area contributed by atoms with Gasteiger partial charge in [0, 0.05) is 12.6 Å². The van der Waals surface area contributed by atoms with Gasteiger partial charge >= 0.3 is 0 Å². The fraction of sp³-hybridized carbons (Fsp3) is 0.217. The van der Waals surface area contributed by atoms with Crippen molar-refractivity contribution >= 4 is 0 Å². The molecule has 126 valence electrons. The van der Waals surface area contributed by atoms with E-state index in [0.717, 1.165) is 18.0 Å². The molecule has 1 unspecified atom stereocenters. The van der Waals surface area contributed by atoms with Crippen LogP contribution >= 0.6 is 0 Å². The Morgan fingerprint density at radius 1 is 0.800 bits per heavy atom. The van der Waals surface area contributed by atoms with Crippen molar-refractivity contribution in [3.05, 3.63) is 95.6 Å². The maximum Gasteiger partial charge on any atom is 0.127 e. The molecule has 1 atom stereocenters. The smallest absolute Gasteiger partial charge is 0.127 e. The minimum Gasteiger partial charge on any atom is -0.457 e. The molecular weight excluding hydrogens is 306 g/mol. The molecule has 3 aromatic carbocycles. The van der Waals surface area contributed by atoms with E-state index in [0.29, 0.717) is 6.04 Å². The van der Waals surface area contributed by atoms with E-state index in [1.807, 2.05) is 42.5 Å². The zero-order valence-electron chi connectivity index (χ0n) is 14.3. The number of benzene rings is 3. The van der Waals surface area contributed by atoms with Crippen molar-refractivity contribution in [1.82, 2.24) is 5.32 Å². The predicted molar refractivity (Wildman–Crippen MR) is 102 cm³/mol. The molecule has 0 radical (unpaired) electrons. The lowest BCUT2D eigenvalue weighted by atomic mass is 9.87. The minimum atomic E-state index is 0.463. The number of hydrogen-bond acceptors (Lipinski definition) is 2. The minimum absolute atomic E-state index is 0.463. The average Bonchev–Trinajstić information content (AvgIpc) is 2.68. The highest BCUT2D eigenvalue weighted by atomic mass is 16.5. The van der Waals surface area contributed by atoms with Crippen molar-refractivity contribution in [3.63, 3.8) is 0 Å². The Kier molecular flexibility index (Phi) is 4.80. The molecule has 0 saturated carbocycles. The third-order valence-electron chi connectivity index (χ3n) is 4.82. The van der Waals surface area contributed by atoms with Crippen LogP contribution in [0.15, 0.2) is 78.9 Å². The normalized spacial score (nSPS) is 16.2. The Bertz CT molecular complexity index is 811. The molecule has 0 aliphatic heterocycles. The van der Waals surface area contributed by atoms with Crippen LogP contribution in [0.25, 0.3) is 0 Å². The van der Waals surface area contributed by atoms with E-state index in [4.69, 9.17) is 4.74 Å². The molecule has 1 aliphatic carbocycles. The summed E-state index contributed by atoms with van der Waals surface area (Å²) in [6, 6.07) is 27.5. The standard InChI is InChI=1S/C23H23NO/c1-2-9-20(10-3-1)25-21-15-13-18(14-16-21)17-24-23-12-6-8-19-7-4-5-11-22(19)23/h1-5,7,9-11,13-16,23-24H,6,8,12,17H2. The van der Waals surface area contributed by atoms with Gasteiger partial charge in [-0.2, -0.15) is 0 Å². The molecule has 0 saturated heterocycles. The summed E-state index contributed by atoms with van der Waals surface area (Å²) in [6.45, 7) is 0.880. The summed E-state index contributed by atoms with van der Waals surface area (Å²) in [7, 11) is 0. The summed E-state index contributed by atoms with van der Waals surface area (Å²) >= 11 is 0. The van der Waals surface area contributed by atoms with E-state index in [9.17, 15) is 0 Å². The Morgan fingerprint density at radius 2 is 1.52 bits per heavy atom. The van der Waals surface area contributed by atoms with Gasteiger partial charge in [-0.3, -0.25) is 0 Å². The molecule has 3 aromatic rings. The molecule has 0 bridgehead atoms. The van der Waals surface area contributed by atoms with E-state index < -0.39 is 0 Å². The lowest BCUT2D eigenvalue weighted by Crippen LogP contribution is -2.24. The van der Waals surface area contributed by atoms with Crippen molar-refractivity contribution in [2.45, 2.75) is 31.8 Å². The molecule has 1 N–H and O–H groups in total. The molecular formula is C23H23NO. The van der Waals surface area contributed by atoms with Gasteiger partial charge in [0.25, 0.3) is 0 Å². The van der Waals surface area contributed by atoms with Gasteiger partial charge in [-0.05, 0) is 60.2 Å². The van der Waals surface area contributed by atoms with Crippen molar-refractivity contribution < 1.29 is 4.74 Å². The Balaban J connectivity index is 1.38. The molecule has 0 amide bonds. The molecule has 0 aromatic heterocycles. The van der Waals surface area contributed by atoms with Crippen LogP contribution in [-0.4, -0.2) is 0 Å². The van der Waals surface area contributed by atoms with Crippen molar-refractivity contribution in [1.29, 1.82) is 0 Å². The largest absolute Gasteiger partial charge is 0.457 e. The van der Waals surface area contributed by atoms with Gasteiger partial charge < -0.3 is 10.1 Å². The molecule has 2 nitrogen and oxygen atoms in total. The molecule has 0 spiro atoms. The van der Waals surface area contributed by atoms with Crippen LogP contribution in [0.2, 0.25) is 0 Å². The van der Waals surface area contributed by atoms with Crippen LogP contribution in [0.1, 0.15) is 35.6 Å². The summed E-state index contributed by atoms with van der Waals surface area (Å²) in [6.07, 6.45) is 3.69. The number of hydrogen-bond donors (Lipinski definition) is 1. The number of para-hydroxylation sites is 1. The number of fused-ring (bicyclic) bond motifs is 1. The number of nitrogens with one attached hydrogen (secondary N) is 1. The lowest BCUT2D eigenvalue weighted by Gasteiger charge is -2.26. The second-order valence-corrected chi connectivity index (χ2v) is 6.58. The molecule has 0 heterocycles. The van der Waals surface area contributed by atoms with Gasteiger partial charge in [-0.25, -0.2) is 0 Å². The maximum atomic E-state index is 5.85. The second-order valence-electron chi connectivity index (χ2n) is 6.58. The Labute approximate surface area is 149 Å². The quantitative estimate of drug-likeness (QED) is 0.653. The monoisotopic (exact) mass is 329 g/mol. The van der Waals surface area contributed by atoms with Gasteiger partial charge in [-0.15, -0.1) is 0 Å². The highest BCUT2D eigenvalue weighted by Crippen LogP contribution is 2.29. The summed E-state index contributed by atoms with van der Waals surface area (Å²) in [4.78, 5) is 0. The predicted octanol–water partition coefficient (Wildman–Crippen LogP) is 5.65. The van der Waals surface area contributed by atoms with Gasteiger partial charge in [0.2, 0.25) is 0 Å². The first-order valence-corrected chi connectivity index (χ1v) is 9.01. The first-order valence-electron chi connectivity index (χ1n) is 9.01. The highest BCUT2D eigenvalue weighted by Gasteiger charge is 2.18. The second kappa shape index (κ2) is 7.54. The molecule has 0 fully saturated rings. The summed E-state index contributed by atoms with van der Waals surface area (Å²) < 4.78 is 5.85. The molecule has 25 heavy (non-hydrogen) atoms. The zero-order valence-corrected chi connectivity index (χ0v) is 14.3. The third kappa shape index (κ3) is 3.92. The van der Waals surface area contributed by atoms with E-state index >= 15 is 0 Å². The maximum absolute atomic E-state index is 5.85. The van der Waals surface area contributed by atoms with Crippen LogP contribution < -0.4 is 10.1 Å². The fourth-order valence-electron chi connectivity index (χ4n) is 3.51. The van der Waals surface area contributed by atoms with E-state index in [2.05, 4.69) is 41.7 Å². The van der Waals surface area contributed by atoms with Crippen molar-refractivity contribution in [2.24, 2.45) is 0 Å². The first-order chi connectivity index (χ1) is 12.4. The van der Waals surface area contributed by atoms with E-state index in [1.54, 1.807) is 0 Å². The van der Waals surface area contributed by atoms with E-state index in [-0.39, 0.29) is 0 Å². The van der Waals surface area contributed by atoms with Gasteiger partial charge in [0.05, 0.1) is 0 Å². The first kappa shape index (κ1) is 15.9. The third-order valence-corrected chi connectivity index (χ3v) is 4.82.